The normalized spacial score (nSPS) is 11.6. The van der Waals surface area contributed by atoms with Crippen molar-refractivity contribution in [3.63, 3.8) is 0 Å². The van der Waals surface area contributed by atoms with Gasteiger partial charge in [0, 0.05) is 16.7 Å². The van der Waals surface area contributed by atoms with Crippen molar-refractivity contribution in [1.82, 2.24) is 9.97 Å². The van der Waals surface area contributed by atoms with Crippen molar-refractivity contribution in [3.05, 3.63) is 206 Å². The Kier molecular flexibility index (Phi) is 7.53. The third-order valence-corrected chi connectivity index (χ3v) is 11.2. The Morgan fingerprint density at radius 2 is 0.750 bits per heavy atom. The van der Waals surface area contributed by atoms with Gasteiger partial charge in [0.25, 0.3) is 0 Å². The summed E-state index contributed by atoms with van der Waals surface area (Å²) in [6.07, 6.45) is 0. The van der Waals surface area contributed by atoms with E-state index in [9.17, 15) is 0 Å². The van der Waals surface area contributed by atoms with E-state index in [0.717, 1.165) is 33.6 Å². The first-order valence-electron chi connectivity index (χ1n) is 19.2. The van der Waals surface area contributed by atoms with Crippen LogP contribution in [0.25, 0.3) is 111 Å². The molecule has 0 saturated heterocycles. The van der Waals surface area contributed by atoms with Gasteiger partial charge in [-0.15, -0.1) is 0 Å². The lowest BCUT2D eigenvalue weighted by atomic mass is 9.87. The van der Waals surface area contributed by atoms with Crippen molar-refractivity contribution in [2.24, 2.45) is 0 Å². The summed E-state index contributed by atoms with van der Waals surface area (Å²) in [4.78, 5) is 10.3. The van der Waals surface area contributed by atoms with Crippen LogP contribution < -0.4 is 0 Å². The summed E-state index contributed by atoms with van der Waals surface area (Å²) < 4.78 is 0. The van der Waals surface area contributed by atoms with Crippen LogP contribution in [-0.4, -0.2) is 9.97 Å². The van der Waals surface area contributed by atoms with Gasteiger partial charge in [0.1, 0.15) is 0 Å². The molecule has 260 valence electrons. The number of fused-ring (bicyclic) bond motifs is 4. The molecule has 0 N–H and O–H groups in total. The molecule has 56 heavy (non-hydrogen) atoms. The van der Waals surface area contributed by atoms with Crippen molar-refractivity contribution in [3.8, 4) is 89.5 Å². The zero-order valence-corrected chi connectivity index (χ0v) is 30.5. The Morgan fingerprint density at radius 3 is 1.48 bits per heavy atom. The van der Waals surface area contributed by atoms with Crippen LogP contribution in [0.15, 0.2) is 206 Å². The number of hydrogen-bond donors (Lipinski definition) is 0. The highest BCUT2D eigenvalue weighted by molar-refractivity contribution is 6.18. The van der Waals surface area contributed by atoms with Crippen LogP contribution in [-0.2, 0) is 0 Å². The highest BCUT2D eigenvalue weighted by atomic mass is 14.9. The summed E-state index contributed by atoms with van der Waals surface area (Å²) in [5, 5.41) is 5.04. The fraction of sp³-hybridized carbons (Fsp3) is 0. The Balaban J connectivity index is 1.07. The lowest BCUT2D eigenvalue weighted by Crippen LogP contribution is -1.96. The molecule has 0 spiro atoms. The topological polar surface area (TPSA) is 25.8 Å². The van der Waals surface area contributed by atoms with Gasteiger partial charge in [-0.25, -0.2) is 9.97 Å². The third kappa shape index (κ3) is 5.34. The molecule has 0 fully saturated rings. The van der Waals surface area contributed by atoms with Gasteiger partial charge in [-0.05, 0) is 95.4 Å². The fourth-order valence-corrected chi connectivity index (χ4v) is 8.64. The van der Waals surface area contributed by atoms with E-state index in [0.29, 0.717) is 5.82 Å². The molecule has 9 aromatic carbocycles. The molecular formula is C54H34N2. The van der Waals surface area contributed by atoms with Gasteiger partial charge in [-0.3, -0.25) is 0 Å². The van der Waals surface area contributed by atoms with Crippen LogP contribution in [0.2, 0.25) is 0 Å². The molecule has 0 radical (unpaired) electrons. The second kappa shape index (κ2) is 13.2. The summed E-state index contributed by atoms with van der Waals surface area (Å²) in [6.45, 7) is 0. The van der Waals surface area contributed by atoms with E-state index in [1.54, 1.807) is 0 Å². The van der Waals surface area contributed by atoms with Crippen molar-refractivity contribution >= 4 is 21.5 Å². The molecule has 1 heterocycles. The van der Waals surface area contributed by atoms with Gasteiger partial charge < -0.3 is 0 Å². The van der Waals surface area contributed by atoms with Gasteiger partial charge in [0.05, 0.1) is 11.4 Å². The van der Waals surface area contributed by atoms with Crippen LogP contribution in [0.4, 0.5) is 0 Å². The van der Waals surface area contributed by atoms with E-state index < -0.39 is 0 Å². The van der Waals surface area contributed by atoms with E-state index in [1.165, 1.54) is 71.6 Å². The van der Waals surface area contributed by atoms with Crippen molar-refractivity contribution in [2.45, 2.75) is 0 Å². The van der Waals surface area contributed by atoms with E-state index in [2.05, 4.69) is 194 Å². The first kappa shape index (κ1) is 32.0. The maximum absolute atomic E-state index is 5.17. The molecule has 1 aliphatic carbocycles. The number of nitrogens with zero attached hydrogens (tertiary/aromatic N) is 2. The zero-order valence-electron chi connectivity index (χ0n) is 30.5. The molecule has 1 aliphatic rings. The second-order valence-corrected chi connectivity index (χ2v) is 14.5. The molecule has 0 atom stereocenters. The molecule has 10 aromatic rings. The average molecular weight is 711 g/mol. The largest absolute Gasteiger partial charge is 0.228 e. The smallest absolute Gasteiger partial charge is 0.160 e. The summed E-state index contributed by atoms with van der Waals surface area (Å²) in [5.74, 6) is 0.699. The lowest BCUT2D eigenvalue weighted by molar-refractivity contribution is 1.18. The third-order valence-electron chi connectivity index (χ3n) is 11.2. The molecule has 1 aromatic heterocycles. The zero-order chi connectivity index (χ0) is 37.0. The molecule has 0 aliphatic heterocycles. The average Bonchev–Trinajstić information content (AvgIpc) is 3.61. The molecule has 2 heteroatoms. The van der Waals surface area contributed by atoms with Gasteiger partial charge >= 0.3 is 0 Å². The minimum absolute atomic E-state index is 0.699. The predicted molar refractivity (Wildman–Crippen MR) is 234 cm³/mol. The Morgan fingerprint density at radius 1 is 0.268 bits per heavy atom. The predicted octanol–water partition coefficient (Wildman–Crippen LogP) is 14.4. The van der Waals surface area contributed by atoms with Crippen molar-refractivity contribution in [2.75, 3.05) is 0 Å². The first-order valence-corrected chi connectivity index (χ1v) is 19.2. The monoisotopic (exact) mass is 710 g/mol. The van der Waals surface area contributed by atoms with Crippen LogP contribution in [0.5, 0.6) is 0 Å². The SMILES string of the molecule is c1ccc(-c2cc(-c3ccccc3)nc(-c3cccc(-c4c(-c5cccc(-c6ccc7c8c(cccc68)-c6ccccc6-7)c5)ccc5ccccc45)c3)n2)cc1. The van der Waals surface area contributed by atoms with Gasteiger partial charge in [-0.1, -0.05) is 188 Å². The molecular weight excluding hydrogens is 677 g/mol. The highest BCUT2D eigenvalue weighted by Gasteiger charge is 2.23. The van der Waals surface area contributed by atoms with Crippen molar-refractivity contribution < 1.29 is 0 Å². The number of benzene rings is 9. The summed E-state index contributed by atoms with van der Waals surface area (Å²) in [6, 6.07) is 74.0. The van der Waals surface area contributed by atoms with Crippen LogP contribution in [0.1, 0.15) is 0 Å². The molecule has 0 bridgehead atoms. The summed E-state index contributed by atoms with van der Waals surface area (Å²) >= 11 is 0. The summed E-state index contributed by atoms with van der Waals surface area (Å²) in [5.41, 5.74) is 17.3. The van der Waals surface area contributed by atoms with Gasteiger partial charge in [0.2, 0.25) is 0 Å². The second-order valence-electron chi connectivity index (χ2n) is 14.5. The maximum atomic E-state index is 5.17. The lowest BCUT2D eigenvalue weighted by Gasteiger charge is -2.17. The Hall–Kier alpha value is -7.42. The number of aromatic nitrogens is 2. The molecule has 0 saturated carbocycles. The quantitative estimate of drug-likeness (QED) is 0.172. The number of rotatable bonds is 6. The molecule has 0 amide bonds. The highest BCUT2D eigenvalue weighted by Crippen LogP contribution is 2.49. The minimum Gasteiger partial charge on any atom is -0.228 e. The summed E-state index contributed by atoms with van der Waals surface area (Å²) in [7, 11) is 0. The Bertz CT molecular complexity index is 3040. The van der Waals surface area contributed by atoms with E-state index in [4.69, 9.17) is 9.97 Å². The van der Waals surface area contributed by atoms with E-state index >= 15 is 0 Å². The van der Waals surface area contributed by atoms with E-state index in [-0.39, 0.29) is 0 Å². The molecule has 11 rings (SSSR count). The van der Waals surface area contributed by atoms with Crippen molar-refractivity contribution in [1.29, 1.82) is 0 Å². The molecule has 0 unspecified atom stereocenters. The van der Waals surface area contributed by atoms with Crippen LogP contribution >= 0.6 is 0 Å². The van der Waals surface area contributed by atoms with Crippen LogP contribution in [0.3, 0.4) is 0 Å². The minimum atomic E-state index is 0.699. The first-order chi connectivity index (χ1) is 27.8. The van der Waals surface area contributed by atoms with Gasteiger partial charge in [-0.2, -0.15) is 0 Å². The standard InChI is InChI=1S/C54H34N2/c1-3-15-36(16-4-1)50-34-51(37-17-5-2-6-18-37)56-54(55-50)41-22-12-21-40(33-41)52-43-23-8-7-14-35(43)28-29-44(52)39-20-11-19-38(32-39)42-30-31-49-46-25-10-9-24-45(46)48-27-13-26-47(42)53(48)49/h1-34H. The fourth-order valence-electron chi connectivity index (χ4n) is 8.64. The van der Waals surface area contributed by atoms with Gasteiger partial charge in [0.15, 0.2) is 5.82 Å². The number of hydrogen-bond acceptors (Lipinski definition) is 2. The Labute approximate surface area is 326 Å². The van der Waals surface area contributed by atoms with Crippen LogP contribution in [0, 0.1) is 0 Å². The van der Waals surface area contributed by atoms with E-state index in [1.807, 2.05) is 12.1 Å². The molecule has 2 nitrogen and oxygen atoms in total. The maximum Gasteiger partial charge on any atom is 0.160 e.